The molecule has 4 aromatic carbocycles. The van der Waals surface area contributed by atoms with E-state index in [4.69, 9.17) is 0 Å². The van der Waals surface area contributed by atoms with E-state index < -0.39 is 51.7 Å². The van der Waals surface area contributed by atoms with Crippen LogP contribution in [0.1, 0.15) is 11.4 Å². The third-order valence-corrected chi connectivity index (χ3v) is 14.8. The van der Waals surface area contributed by atoms with Gasteiger partial charge in [-0.2, -0.15) is 0 Å². The number of anilines is 2. The fourth-order valence-corrected chi connectivity index (χ4v) is 11.6. The summed E-state index contributed by atoms with van der Waals surface area (Å²) in [6.45, 7) is 2.98. The Morgan fingerprint density at radius 2 is 1.05 bits per heavy atom. The molecular formula is C38H40N4O12S6. The van der Waals surface area contributed by atoms with Crippen LogP contribution < -0.4 is 9.44 Å². The van der Waals surface area contributed by atoms with Crippen molar-refractivity contribution >= 4 is 108 Å². The second-order valence-corrected chi connectivity index (χ2v) is 23.3. The second kappa shape index (κ2) is 17.5. The van der Waals surface area contributed by atoms with Crippen LogP contribution >= 0.6 is 23.5 Å². The lowest BCUT2D eigenvalue weighted by Crippen LogP contribution is -2.10. The summed E-state index contributed by atoms with van der Waals surface area (Å²) in [7, 11) is -13.8. The van der Waals surface area contributed by atoms with Crippen LogP contribution in [0.15, 0.2) is 114 Å². The first-order valence-electron chi connectivity index (χ1n) is 17.3. The lowest BCUT2D eigenvalue weighted by Gasteiger charge is -2.09. The Bertz CT molecular complexity index is 3140. The molecule has 0 saturated heterocycles. The van der Waals surface area contributed by atoms with E-state index in [1.807, 2.05) is 0 Å². The molecule has 4 N–H and O–H groups in total. The van der Waals surface area contributed by atoms with Crippen LogP contribution in [-0.4, -0.2) is 90.0 Å². The van der Waals surface area contributed by atoms with E-state index in [0.717, 1.165) is 25.0 Å². The number of fused-ring (bicyclic) bond motifs is 2. The number of hydrogen-bond donors (Lipinski definition) is 4. The van der Waals surface area contributed by atoms with E-state index in [0.29, 0.717) is 64.2 Å². The molecule has 0 fully saturated rings. The summed E-state index contributed by atoms with van der Waals surface area (Å²) >= 11 is 2.49. The molecule has 0 radical (unpaired) electrons. The molecule has 0 aliphatic carbocycles. The average Bonchev–Trinajstić information content (AvgIpc) is 3.50. The van der Waals surface area contributed by atoms with Gasteiger partial charge in [0.1, 0.15) is 13.1 Å². The highest BCUT2D eigenvalue weighted by Crippen LogP contribution is 2.42. The molecule has 0 amide bonds. The van der Waals surface area contributed by atoms with Gasteiger partial charge in [0.05, 0.1) is 33.3 Å². The summed E-state index contributed by atoms with van der Waals surface area (Å²) in [5.41, 5.74) is 3.24. The Balaban J connectivity index is 0.000000228. The quantitative estimate of drug-likeness (QED) is 0.0991. The molecule has 320 valence electrons. The predicted octanol–water partition coefficient (Wildman–Crippen LogP) is 5.92. The van der Waals surface area contributed by atoms with E-state index >= 15 is 0 Å². The standard InChI is InChI=1S/2C19H20N2O6S3/c1-12-19(28-14-5-4-6-15(10-14)29(2,24)25)16-9-13(20-30(3,26)27)7-8-17(16)21(12)11-18(22)23;1-12-19(28-16-6-4-5-7-17(16)29(2,24)25)14-10-13(20-30(3,26)27)8-9-15(14)21(12)11-18(22)23/h2*4-10,20H,11H2,1-3H3,(H,22,23). The highest BCUT2D eigenvalue weighted by atomic mass is 32.2. The SMILES string of the molecule is Cc1c(Sc2cccc(S(C)(=O)=O)c2)c2cc(NS(C)(=O)=O)ccc2n1CC(=O)O.Cc1c(Sc2ccccc2S(C)(=O)=O)c2cc(NS(C)(=O)=O)ccc2n1CC(=O)O. The minimum Gasteiger partial charge on any atom is -0.480 e. The number of sulfonamides is 2. The number of hydrogen-bond acceptors (Lipinski definition) is 12. The number of aliphatic carboxylic acids is 2. The fourth-order valence-electron chi connectivity index (χ4n) is 6.23. The van der Waals surface area contributed by atoms with Crippen LogP contribution in [0, 0.1) is 13.8 Å². The van der Waals surface area contributed by atoms with Crippen LogP contribution in [0.2, 0.25) is 0 Å². The minimum atomic E-state index is -3.50. The molecule has 0 aliphatic rings. The van der Waals surface area contributed by atoms with Crippen molar-refractivity contribution in [3.05, 3.63) is 96.3 Å². The van der Waals surface area contributed by atoms with Crippen molar-refractivity contribution in [2.75, 3.05) is 34.5 Å². The van der Waals surface area contributed by atoms with Crippen molar-refractivity contribution in [3.63, 3.8) is 0 Å². The maximum absolute atomic E-state index is 12.2. The number of sulfone groups is 2. The molecule has 6 rings (SSSR count). The summed E-state index contributed by atoms with van der Waals surface area (Å²) < 4.78 is 103. The Morgan fingerprint density at radius 1 is 0.583 bits per heavy atom. The Kier molecular flexibility index (Phi) is 13.5. The van der Waals surface area contributed by atoms with Gasteiger partial charge in [-0.25, -0.2) is 33.7 Å². The lowest BCUT2D eigenvalue weighted by atomic mass is 10.2. The van der Waals surface area contributed by atoms with Crippen molar-refractivity contribution in [2.24, 2.45) is 0 Å². The molecule has 0 atom stereocenters. The van der Waals surface area contributed by atoms with Gasteiger partial charge in [-0.05, 0) is 80.6 Å². The second-order valence-electron chi connectivity index (χ2n) is 13.7. The van der Waals surface area contributed by atoms with E-state index in [2.05, 4.69) is 9.44 Å². The molecule has 0 spiro atoms. The van der Waals surface area contributed by atoms with Crippen molar-refractivity contribution in [1.82, 2.24) is 9.13 Å². The number of carboxylic acids is 2. The highest BCUT2D eigenvalue weighted by Gasteiger charge is 2.22. The molecule has 0 unspecified atom stereocenters. The summed E-state index contributed by atoms with van der Waals surface area (Å²) in [5.74, 6) is -2.04. The zero-order valence-corrected chi connectivity index (χ0v) is 37.7. The molecule has 2 aromatic heterocycles. The van der Waals surface area contributed by atoms with Crippen LogP contribution in [0.5, 0.6) is 0 Å². The third-order valence-electron chi connectivity index (χ3n) is 8.64. The lowest BCUT2D eigenvalue weighted by molar-refractivity contribution is -0.138. The van der Waals surface area contributed by atoms with Gasteiger partial charge in [0.25, 0.3) is 0 Å². The molecule has 0 aliphatic heterocycles. The van der Waals surface area contributed by atoms with E-state index in [1.54, 1.807) is 95.8 Å². The molecule has 0 bridgehead atoms. The fraction of sp³-hybridized carbons (Fsp3) is 0.211. The summed E-state index contributed by atoms with van der Waals surface area (Å²) in [6.07, 6.45) is 4.34. The summed E-state index contributed by atoms with van der Waals surface area (Å²) in [5, 5.41) is 19.9. The third kappa shape index (κ3) is 11.4. The molecule has 16 nitrogen and oxygen atoms in total. The van der Waals surface area contributed by atoms with Crippen molar-refractivity contribution in [3.8, 4) is 0 Å². The minimum absolute atomic E-state index is 0.166. The number of carbonyl (C=O) groups is 2. The van der Waals surface area contributed by atoms with E-state index in [1.165, 1.54) is 35.7 Å². The highest BCUT2D eigenvalue weighted by molar-refractivity contribution is 8.00. The van der Waals surface area contributed by atoms with Crippen LogP contribution in [0.3, 0.4) is 0 Å². The Morgan fingerprint density at radius 3 is 1.48 bits per heavy atom. The van der Waals surface area contributed by atoms with Gasteiger partial charge in [0.2, 0.25) is 20.0 Å². The smallest absolute Gasteiger partial charge is 0.323 e. The maximum atomic E-state index is 12.2. The van der Waals surface area contributed by atoms with Gasteiger partial charge in [-0.1, -0.05) is 41.7 Å². The zero-order valence-electron chi connectivity index (χ0n) is 32.8. The normalized spacial score (nSPS) is 12.2. The van der Waals surface area contributed by atoms with E-state index in [9.17, 15) is 53.5 Å². The molecule has 0 saturated carbocycles. The van der Waals surface area contributed by atoms with Crippen molar-refractivity contribution < 1.29 is 53.5 Å². The largest absolute Gasteiger partial charge is 0.480 e. The van der Waals surface area contributed by atoms with Gasteiger partial charge in [-0.3, -0.25) is 19.0 Å². The first-order chi connectivity index (χ1) is 27.7. The molecule has 60 heavy (non-hydrogen) atoms. The van der Waals surface area contributed by atoms with E-state index in [-0.39, 0.29) is 22.9 Å². The topological polar surface area (TPSA) is 245 Å². The Hall–Kier alpha value is -5.00. The van der Waals surface area contributed by atoms with Crippen molar-refractivity contribution in [1.29, 1.82) is 0 Å². The molecule has 6 aromatic rings. The number of rotatable bonds is 14. The number of aromatic nitrogens is 2. The predicted molar refractivity (Wildman–Crippen MR) is 233 cm³/mol. The first-order valence-corrected chi connectivity index (χ1v) is 26.5. The molecular weight excluding hydrogens is 897 g/mol. The van der Waals surface area contributed by atoms with Crippen LogP contribution in [0.4, 0.5) is 11.4 Å². The summed E-state index contributed by atoms with van der Waals surface area (Å²) in [6, 6.07) is 22.7. The number of nitrogens with zero attached hydrogens (tertiary/aromatic N) is 2. The van der Waals surface area contributed by atoms with Gasteiger partial charge in [0, 0.05) is 65.6 Å². The van der Waals surface area contributed by atoms with Crippen molar-refractivity contribution in [2.45, 2.75) is 56.3 Å². The number of benzene rings is 4. The van der Waals surface area contributed by atoms with Gasteiger partial charge in [-0.15, -0.1) is 0 Å². The van der Waals surface area contributed by atoms with Gasteiger partial charge in [0.15, 0.2) is 19.7 Å². The first kappa shape index (κ1) is 46.1. The molecule has 2 heterocycles. The number of nitrogens with one attached hydrogen (secondary N) is 2. The maximum Gasteiger partial charge on any atom is 0.323 e. The van der Waals surface area contributed by atoms with Gasteiger partial charge < -0.3 is 19.3 Å². The van der Waals surface area contributed by atoms with Crippen LogP contribution in [0.25, 0.3) is 21.8 Å². The monoisotopic (exact) mass is 936 g/mol. The average molecular weight is 937 g/mol. The van der Waals surface area contributed by atoms with Gasteiger partial charge >= 0.3 is 11.9 Å². The number of carboxylic acid groups (broad SMARTS) is 2. The Labute approximate surface area is 355 Å². The van der Waals surface area contributed by atoms with Crippen LogP contribution in [-0.2, 0) is 62.4 Å². The zero-order chi connectivity index (χ0) is 44.5. The molecule has 22 heteroatoms. The summed E-state index contributed by atoms with van der Waals surface area (Å²) in [4.78, 5) is 25.6.